The number of anilines is 1. The van der Waals surface area contributed by atoms with Crippen LogP contribution in [0, 0.1) is 0 Å². The first-order chi connectivity index (χ1) is 7.48. The number of rotatable bonds is 1. The summed E-state index contributed by atoms with van der Waals surface area (Å²) in [4.78, 5) is 3.62. The summed E-state index contributed by atoms with van der Waals surface area (Å²) in [6.07, 6.45) is -3.26. The van der Waals surface area contributed by atoms with Crippen molar-refractivity contribution in [2.45, 2.75) is 6.18 Å². The normalized spacial score (nSPS) is 11.7. The summed E-state index contributed by atoms with van der Waals surface area (Å²) in [7, 11) is 0. The monoisotopic (exact) mass is 229 g/mol. The maximum absolute atomic E-state index is 12.6. The molecule has 4 nitrogen and oxygen atoms in total. The fourth-order valence-electron chi connectivity index (χ4n) is 1.23. The van der Waals surface area contributed by atoms with E-state index in [1.807, 2.05) is 0 Å². The average Bonchev–Trinajstić information content (AvgIpc) is 2.64. The lowest BCUT2D eigenvalue weighted by Crippen LogP contribution is -2.07. The molecule has 0 unspecified atom stereocenters. The maximum Gasteiger partial charge on any atom is 0.418 e. The highest BCUT2D eigenvalue weighted by atomic mass is 19.4. The minimum absolute atomic E-state index is 0.00813. The number of nitrogens with two attached hydrogens (primary N) is 1. The van der Waals surface area contributed by atoms with Crippen LogP contribution >= 0.6 is 0 Å². The molecule has 0 aliphatic carbocycles. The van der Waals surface area contributed by atoms with Crippen LogP contribution in [0.3, 0.4) is 0 Å². The molecule has 2 aromatic rings. The fourth-order valence-corrected chi connectivity index (χ4v) is 1.23. The van der Waals surface area contributed by atoms with Crippen LogP contribution in [0.4, 0.5) is 19.0 Å². The van der Waals surface area contributed by atoms with Crippen LogP contribution < -0.4 is 5.73 Å². The predicted octanol–water partition coefficient (Wildman–Crippen LogP) is 2.34. The zero-order valence-electron chi connectivity index (χ0n) is 7.82. The molecular formula is C9H6F3N3O. The van der Waals surface area contributed by atoms with Crippen LogP contribution in [0.15, 0.2) is 28.9 Å². The lowest BCUT2D eigenvalue weighted by Gasteiger charge is -2.08. The molecular weight excluding hydrogens is 223 g/mol. The van der Waals surface area contributed by atoms with Gasteiger partial charge in [-0.25, -0.2) is 0 Å². The lowest BCUT2D eigenvalue weighted by atomic mass is 10.1. The van der Waals surface area contributed by atoms with E-state index < -0.39 is 11.7 Å². The van der Waals surface area contributed by atoms with Crippen LogP contribution in [-0.4, -0.2) is 10.1 Å². The SMILES string of the molecule is Nc1cc(-c2ncccc2C(F)(F)F)on1. The summed E-state index contributed by atoms with van der Waals surface area (Å²) in [6.45, 7) is 0. The molecule has 0 aliphatic heterocycles. The molecule has 0 spiro atoms. The van der Waals surface area contributed by atoms with E-state index in [4.69, 9.17) is 5.73 Å². The van der Waals surface area contributed by atoms with Crippen molar-refractivity contribution in [3.05, 3.63) is 30.0 Å². The van der Waals surface area contributed by atoms with Gasteiger partial charge in [-0.1, -0.05) is 5.16 Å². The van der Waals surface area contributed by atoms with Gasteiger partial charge in [0.15, 0.2) is 11.6 Å². The average molecular weight is 229 g/mol. The van der Waals surface area contributed by atoms with Gasteiger partial charge in [0, 0.05) is 12.3 Å². The van der Waals surface area contributed by atoms with Crippen molar-refractivity contribution in [2.24, 2.45) is 0 Å². The predicted molar refractivity (Wildman–Crippen MR) is 49.1 cm³/mol. The van der Waals surface area contributed by atoms with E-state index in [-0.39, 0.29) is 17.3 Å². The number of aromatic nitrogens is 2. The van der Waals surface area contributed by atoms with Crippen molar-refractivity contribution in [3.8, 4) is 11.5 Å². The number of alkyl halides is 3. The second-order valence-electron chi connectivity index (χ2n) is 3.01. The minimum atomic E-state index is -4.49. The van der Waals surface area contributed by atoms with E-state index in [0.29, 0.717) is 0 Å². The van der Waals surface area contributed by atoms with Gasteiger partial charge in [-0.15, -0.1) is 0 Å². The molecule has 2 heterocycles. The number of nitrogen functional groups attached to an aromatic ring is 1. The molecule has 16 heavy (non-hydrogen) atoms. The third-order valence-electron chi connectivity index (χ3n) is 1.87. The zero-order valence-corrected chi connectivity index (χ0v) is 7.82. The van der Waals surface area contributed by atoms with Gasteiger partial charge >= 0.3 is 6.18 Å². The van der Waals surface area contributed by atoms with Crippen molar-refractivity contribution in [1.82, 2.24) is 10.1 Å². The second-order valence-corrected chi connectivity index (χ2v) is 3.01. The van der Waals surface area contributed by atoms with E-state index >= 15 is 0 Å². The van der Waals surface area contributed by atoms with Gasteiger partial charge in [-0.2, -0.15) is 13.2 Å². The van der Waals surface area contributed by atoms with Gasteiger partial charge in [0.25, 0.3) is 0 Å². The van der Waals surface area contributed by atoms with Crippen molar-refractivity contribution in [3.63, 3.8) is 0 Å². The fraction of sp³-hybridized carbons (Fsp3) is 0.111. The number of hydrogen-bond donors (Lipinski definition) is 1. The summed E-state index contributed by atoms with van der Waals surface area (Å²) in [5.41, 5.74) is 4.06. The summed E-state index contributed by atoms with van der Waals surface area (Å²) in [5.74, 6) is -0.0980. The lowest BCUT2D eigenvalue weighted by molar-refractivity contribution is -0.137. The minimum Gasteiger partial charge on any atom is -0.381 e. The molecule has 0 radical (unpaired) electrons. The highest BCUT2D eigenvalue weighted by Crippen LogP contribution is 2.35. The Morgan fingerprint density at radius 3 is 2.62 bits per heavy atom. The summed E-state index contributed by atoms with van der Waals surface area (Å²) in [6, 6.07) is 3.31. The number of hydrogen-bond acceptors (Lipinski definition) is 4. The van der Waals surface area contributed by atoms with Crippen molar-refractivity contribution >= 4 is 5.82 Å². The Hall–Kier alpha value is -2.05. The molecule has 0 fully saturated rings. The van der Waals surface area contributed by atoms with Gasteiger partial charge < -0.3 is 10.3 Å². The molecule has 0 bridgehead atoms. The standard InChI is InChI=1S/C9H6F3N3O/c10-9(11,12)5-2-1-3-14-8(5)6-4-7(13)15-16-6/h1-4H,(H2,13,15). The quantitative estimate of drug-likeness (QED) is 0.815. The highest BCUT2D eigenvalue weighted by Gasteiger charge is 2.35. The van der Waals surface area contributed by atoms with Crippen LogP contribution in [0.25, 0.3) is 11.5 Å². The molecule has 0 aromatic carbocycles. The van der Waals surface area contributed by atoms with E-state index in [1.165, 1.54) is 18.3 Å². The maximum atomic E-state index is 12.6. The topological polar surface area (TPSA) is 64.9 Å². The van der Waals surface area contributed by atoms with Gasteiger partial charge in [0.1, 0.15) is 5.69 Å². The van der Waals surface area contributed by atoms with Crippen molar-refractivity contribution < 1.29 is 17.7 Å². The molecule has 7 heteroatoms. The molecule has 2 N–H and O–H groups in total. The molecule has 0 amide bonds. The van der Waals surface area contributed by atoms with Crippen molar-refractivity contribution in [1.29, 1.82) is 0 Å². The summed E-state index contributed by atoms with van der Waals surface area (Å²) < 4.78 is 42.5. The Bertz CT molecular complexity index is 507. The first-order valence-corrected chi connectivity index (χ1v) is 4.23. The van der Waals surface area contributed by atoms with Gasteiger partial charge in [-0.05, 0) is 12.1 Å². The van der Waals surface area contributed by atoms with E-state index in [0.717, 1.165) is 6.07 Å². The van der Waals surface area contributed by atoms with Crippen LogP contribution in [0.5, 0.6) is 0 Å². The molecule has 84 valence electrons. The number of halogens is 3. The molecule has 0 saturated carbocycles. The zero-order chi connectivity index (χ0) is 11.8. The molecule has 0 atom stereocenters. The summed E-state index contributed by atoms with van der Waals surface area (Å²) >= 11 is 0. The Morgan fingerprint density at radius 1 is 1.31 bits per heavy atom. The second kappa shape index (κ2) is 3.51. The Balaban J connectivity index is 2.57. The first kappa shape index (κ1) is 10.5. The van der Waals surface area contributed by atoms with Crippen LogP contribution in [-0.2, 0) is 6.18 Å². The summed E-state index contributed by atoms with van der Waals surface area (Å²) in [5, 5.41) is 3.31. The first-order valence-electron chi connectivity index (χ1n) is 4.23. The Morgan fingerprint density at radius 2 is 2.06 bits per heavy atom. The van der Waals surface area contributed by atoms with Crippen molar-refractivity contribution in [2.75, 3.05) is 5.73 Å². The smallest absolute Gasteiger partial charge is 0.381 e. The van der Waals surface area contributed by atoms with Gasteiger partial charge in [0.2, 0.25) is 0 Å². The molecule has 0 aliphatic rings. The number of pyridine rings is 1. The van der Waals surface area contributed by atoms with Crippen LogP contribution in [0.1, 0.15) is 5.56 Å². The third-order valence-corrected chi connectivity index (χ3v) is 1.87. The third kappa shape index (κ3) is 1.83. The molecule has 2 aromatic heterocycles. The van der Waals surface area contributed by atoms with Gasteiger partial charge in [0.05, 0.1) is 5.56 Å². The largest absolute Gasteiger partial charge is 0.418 e. The van der Waals surface area contributed by atoms with E-state index in [9.17, 15) is 13.2 Å². The Labute approximate surface area is 87.9 Å². The van der Waals surface area contributed by atoms with E-state index in [2.05, 4.69) is 14.7 Å². The van der Waals surface area contributed by atoms with Crippen LogP contribution in [0.2, 0.25) is 0 Å². The Kier molecular flexibility index (Phi) is 2.30. The van der Waals surface area contributed by atoms with E-state index in [1.54, 1.807) is 0 Å². The number of nitrogens with zero attached hydrogens (tertiary/aromatic N) is 2. The van der Waals surface area contributed by atoms with Gasteiger partial charge in [-0.3, -0.25) is 4.98 Å². The molecule has 0 saturated heterocycles. The molecule has 2 rings (SSSR count). The highest BCUT2D eigenvalue weighted by molar-refractivity contribution is 5.60.